The molecule has 0 radical (unpaired) electrons. The molecule has 0 spiro atoms. The molecule has 0 atom stereocenters. The maximum absolute atomic E-state index is 12.5. The van der Waals surface area contributed by atoms with Gasteiger partial charge in [0.2, 0.25) is 0 Å². The second-order valence-electron chi connectivity index (χ2n) is 2.97. The van der Waals surface area contributed by atoms with E-state index in [9.17, 15) is 13.2 Å². The van der Waals surface area contributed by atoms with Gasteiger partial charge in [0.1, 0.15) is 0 Å². The number of nitrogens with one attached hydrogen (secondary N) is 1. The van der Waals surface area contributed by atoms with E-state index < -0.39 is 11.7 Å². The molecule has 1 aromatic rings. The molecule has 1 aromatic carbocycles. The molecule has 0 saturated heterocycles. The summed E-state index contributed by atoms with van der Waals surface area (Å²) in [6.45, 7) is 0. The number of rotatable bonds is 2. The number of nitrogens with two attached hydrogens (primary N) is 1. The summed E-state index contributed by atoms with van der Waals surface area (Å²) in [6, 6.07) is 3.69. The van der Waals surface area contributed by atoms with E-state index in [0.29, 0.717) is 5.56 Å². The van der Waals surface area contributed by atoms with E-state index in [1.54, 1.807) is 22.6 Å². The minimum Gasteiger partial charge on any atom is -0.375 e. The van der Waals surface area contributed by atoms with Crippen molar-refractivity contribution in [2.75, 3.05) is 0 Å². The van der Waals surface area contributed by atoms with E-state index in [2.05, 4.69) is 22.7 Å². The van der Waals surface area contributed by atoms with Crippen LogP contribution in [0.5, 0.6) is 0 Å². The van der Waals surface area contributed by atoms with Crippen LogP contribution in [0.1, 0.15) is 11.1 Å². The van der Waals surface area contributed by atoms with Gasteiger partial charge in [-0.25, -0.2) is 0 Å². The molecule has 0 aliphatic heterocycles. The van der Waals surface area contributed by atoms with Gasteiger partial charge in [-0.1, -0.05) is 6.07 Å². The van der Waals surface area contributed by atoms with Crippen LogP contribution in [0.25, 0.3) is 0 Å². The van der Waals surface area contributed by atoms with Crippen LogP contribution in [0.15, 0.2) is 23.3 Å². The molecule has 0 unspecified atom stereocenters. The molecule has 0 bridgehead atoms. The van der Waals surface area contributed by atoms with Gasteiger partial charge in [0.05, 0.1) is 11.8 Å². The summed E-state index contributed by atoms with van der Waals surface area (Å²) in [5, 5.41) is 3.64. The number of hydrogen-bond donors (Lipinski definition) is 2. The number of alkyl halides is 3. The monoisotopic (exact) mass is 373 g/mol. The fraction of sp³-hybridized carbons (Fsp3) is 0.111. The number of hydrogen-bond acceptors (Lipinski definition) is 2. The van der Waals surface area contributed by atoms with Crippen molar-refractivity contribution in [2.45, 2.75) is 6.18 Å². The van der Waals surface area contributed by atoms with Crippen molar-refractivity contribution in [3.63, 3.8) is 0 Å². The number of hydrazone groups is 1. The van der Waals surface area contributed by atoms with Gasteiger partial charge in [-0.05, 0) is 52.5 Å². The van der Waals surface area contributed by atoms with Crippen molar-refractivity contribution in [1.29, 1.82) is 0 Å². The first-order valence-electron chi connectivity index (χ1n) is 4.26. The summed E-state index contributed by atoms with van der Waals surface area (Å²) in [7, 11) is 0. The second-order valence-corrected chi connectivity index (χ2v) is 4.57. The molecule has 92 valence electrons. The molecule has 0 amide bonds. The lowest BCUT2D eigenvalue weighted by atomic mass is 10.1. The van der Waals surface area contributed by atoms with Gasteiger partial charge in [0.15, 0.2) is 5.11 Å². The Morgan fingerprint density at radius 3 is 2.59 bits per heavy atom. The molecule has 8 heteroatoms. The zero-order valence-corrected chi connectivity index (χ0v) is 11.2. The molecule has 1 rings (SSSR count). The summed E-state index contributed by atoms with van der Waals surface area (Å²) in [4.78, 5) is 0. The Hall–Kier alpha value is -0.900. The van der Waals surface area contributed by atoms with E-state index in [4.69, 9.17) is 5.73 Å². The van der Waals surface area contributed by atoms with Gasteiger partial charge < -0.3 is 5.73 Å². The fourth-order valence-corrected chi connectivity index (χ4v) is 1.91. The van der Waals surface area contributed by atoms with Crippen LogP contribution >= 0.6 is 34.8 Å². The topological polar surface area (TPSA) is 50.4 Å². The van der Waals surface area contributed by atoms with Crippen LogP contribution in [0.2, 0.25) is 0 Å². The van der Waals surface area contributed by atoms with Crippen LogP contribution in [-0.4, -0.2) is 11.3 Å². The highest BCUT2D eigenvalue weighted by Crippen LogP contribution is 2.32. The summed E-state index contributed by atoms with van der Waals surface area (Å²) >= 11 is 6.13. The predicted octanol–water partition coefficient (Wildman–Crippen LogP) is 2.48. The standard InChI is InChI=1S/C9H7F3IN3S/c10-9(11,12)6-2-1-5(3-7(6)13)4-15-16-8(14)17/h1-4H,(H3,14,16,17). The smallest absolute Gasteiger partial charge is 0.375 e. The maximum atomic E-state index is 12.5. The first kappa shape index (κ1) is 14.2. The zero-order chi connectivity index (χ0) is 13.1. The van der Waals surface area contributed by atoms with Crippen molar-refractivity contribution < 1.29 is 13.2 Å². The predicted molar refractivity (Wildman–Crippen MR) is 71.7 cm³/mol. The quantitative estimate of drug-likeness (QED) is 0.363. The first-order valence-corrected chi connectivity index (χ1v) is 5.74. The Balaban J connectivity index is 2.90. The van der Waals surface area contributed by atoms with Crippen molar-refractivity contribution in [1.82, 2.24) is 5.43 Å². The van der Waals surface area contributed by atoms with Crippen LogP contribution in [0, 0.1) is 3.57 Å². The summed E-state index contributed by atoms with van der Waals surface area (Å²) in [5.41, 5.74) is 7.29. The highest BCUT2D eigenvalue weighted by atomic mass is 127. The number of thiocarbonyl (C=S) groups is 1. The maximum Gasteiger partial charge on any atom is 0.417 e. The zero-order valence-electron chi connectivity index (χ0n) is 8.25. The first-order chi connectivity index (χ1) is 7.80. The summed E-state index contributed by atoms with van der Waals surface area (Å²) in [6.07, 6.45) is -3.01. The Morgan fingerprint density at radius 2 is 2.12 bits per heavy atom. The lowest BCUT2D eigenvalue weighted by Crippen LogP contribution is -2.24. The molecule has 17 heavy (non-hydrogen) atoms. The van der Waals surface area contributed by atoms with Crippen LogP contribution in [0.3, 0.4) is 0 Å². The van der Waals surface area contributed by atoms with Crippen molar-refractivity contribution in [3.05, 3.63) is 32.9 Å². The van der Waals surface area contributed by atoms with Crippen LogP contribution in [-0.2, 0) is 6.18 Å². The lowest BCUT2D eigenvalue weighted by Gasteiger charge is -2.09. The third-order valence-corrected chi connectivity index (χ3v) is 2.67. The SMILES string of the molecule is NC(=S)NN=Cc1ccc(C(F)(F)F)c(I)c1. The highest BCUT2D eigenvalue weighted by Gasteiger charge is 2.32. The average Bonchev–Trinajstić information content (AvgIpc) is 2.14. The average molecular weight is 373 g/mol. The molecule has 3 nitrogen and oxygen atoms in total. The molecule has 0 heterocycles. The second kappa shape index (κ2) is 5.63. The van der Waals surface area contributed by atoms with Gasteiger partial charge in [0, 0.05) is 3.57 Å². The van der Waals surface area contributed by atoms with Gasteiger partial charge in [-0.2, -0.15) is 18.3 Å². The van der Waals surface area contributed by atoms with Crippen molar-refractivity contribution >= 4 is 46.1 Å². The van der Waals surface area contributed by atoms with E-state index in [0.717, 1.165) is 6.07 Å². The number of halogens is 4. The minimum atomic E-state index is -4.34. The summed E-state index contributed by atoms with van der Waals surface area (Å²) in [5.74, 6) is 0. The largest absolute Gasteiger partial charge is 0.417 e. The normalized spacial score (nSPS) is 11.8. The molecule has 0 aliphatic carbocycles. The molecule has 0 fully saturated rings. The van der Waals surface area contributed by atoms with Gasteiger partial charge in [0.25, 0.3) is 0 Å². The van der Waals surface area contributed by atoms with Gasteiger partial charge >= 0.3 is 6.18 Å². The van der Waals surface area contributed by atoms with Crippen LogP contribution in [0.4, 0.5) is 13.2 Å². The third kappa shape index (κ3) is 4.46. The lowest BCUT2D eigenvalue weighted by molar-refractivity contribution is -0.138. The summed E-state index contributed by atoms with van der Waals surface area (Å²) < 4.78 is 37.5. The fourth-order valence-electron chi connectivity index (χ4n) is 1.01. The van der Waals surface area contributed by atoms with Crippen molar-refractivity contribution in [2.24, 2.45) is 10.8 Å². The Labute approximate surface area is 114 Å². The Kier molecular flexibility index (Phi) is 4.69. The van der Waals surface area contributed by atoms with Crippen LogP contribution < -0.4 is 11.2 Å². The molecule has 0 aliphatic rings. The molecular weight excluding hydrogens is 366 g/mol. The molecular formula is C9H7F3IN3S. The van der Waals surface area contributed by atoms with Gasteiger partial charge in [-0.15, -0.1) is 0 Å². The molecule has 0 aromatic heterocycles. The Morgan fingerprint density at radius 1 is 1.47 bits per heavy atom. The molecule has 3 N–H and O–H groups in total. The van der Waals surface area contributed by atoms with E-state index in [1.807, 2.05) is 0 Å². The number of benzene rings is 1. The number of nitrogens with zero attached hydrogens (tertiary/aromatic N) is 1. The van der Waals surface area contributed by atoms with E-state index in [-0.39, 0.29) is 8.68 Å². The minimum absolute atomic E-state index is 0.0112. The van der Waals surface area contributed by atoms with Crippen molar-refractivity contribution in [3.8, 4) is 0 Å². The van der Waals surface area contributed by atoms with Gasteiger partial charge in [-0.3, -0.25) is 5.43 Å². The Bertz CT molecular complexity index is 459. The highest BCUT2D eigenvalue weighted by molar-refractivity contribution is 14.1. The van der Waals surface area contributed by atoms with E-state index in [1.165, 1.54) is 18.3 Å². The third-order valence-electron chi connectivity index (χ3n) is 1.69. The molecule has 0 saturated carbocycles. The van der Waals surface area contributed by atoms with E-state index >= 15 is 0 Å².